The minimum absolute atomic E-state index is 0.340. The fraction of sp³-hybridized carbons (Fsp3) is 0.364. The molecule has 116 valence electrons. The average Bonchev–Trinajstić information content (AvgIpc) is 2.38. The first kappa shape index (κ1) is 17.0. The van der Waals surface area contributed by atoms with E-state index < -0.39 is 34.9 Å². The van der Waals surface area contributed by atoms with Gasteiger partial charge in [-0.2, -0.15) is 13.2 Å². The number of alkyl halides is 3. The van der Waals surface area contributed by atoms with Gasteiger partial charge in [-0.1, -0.05) is 11.6 Å². The first-order valence-corrected chi connectivity index (χ1v) is 6.05. The van der Waals surface area contributed by atoms with Crippen LogP contribution in [0.15, 0.2) is 12.1 Å². The summed E-state index contributed by atoms with van der Waals surface area (Å²) in [5.74, 6) is -0.793. The van der Waals surface area contributed by atoms with Gasteiger partial charge in [0.25, 0.3) is 0 Å². The van der Waals surface area contributed by atoms with Crippen molar-refractivity contribution in [3.8, 4) is 0 Å². The fourth-order valence-corrected chi connectivity index (χ4v) is 1.55. The summed E-state index contributed by atoms with van der Waals surface area (Å²) in [5, 5.41) is 6.06. The largest absolute Gasteiger partial charge is 0.434 e. The SMILES string of the molecule is CNC(=O)[C@@H](C)NC(=O)Nc1ccc(Cl)c(C(F)(F)F)n1. The molecule has 3 amide bonds. The van der Waals surface area contributed by atoms with Gasteiger partial charge >= 0.3 is 12.2 Å². The number of likely N-dealkylation sites (N-methyl/N-ethyl adjacent to an activating group) is 1. The zero-order valence-corrected chi connectivity index (χ0v) is 11.8. The first-order valence-electron chi connectivity index (χ1n) is 5.68. The van der Waals surface area contributed by atoms with E-state index in [0.29, 0.717) is 0 Å². The highest BCUT2D eigenvalue weighted by Gasteiger charge is 2.35. The molecule has 21 heavy (non-hydrogen) atoms. The molecular formula is C11H12ClF3N4O2. The van der Waals surface area contributed by atoms with Crippen molar-refractivity contribution in [1.82, 2.24) is 15.6 Å². The van der Waals surface area contributed by atoms with Gasteiger partial charge in [0.1, 0.15) is 11.9 Å². The highest BCUT2D eigenvalue weighted by molar-refractivity contribution is 6.31. The molecule has 3 N–H and O–H groups in total. The van der Waals surface area contributed by atoms with Crippen LogP contribution in [0.2, 0.25) is 5.02 Å². The molecule has 1 aromatic heterocycles. The van der Waals surface area contributed by atoms with E-state index in [1.165, 1.54) is 14.0 Å². The monoisotopic (exact) mass is 324 g/mol. The van der Waals surface area contributed by atoms with Crippen molar-refractivity contribution in [2.24, 2.45) is 0 Å². The third kappa shape index (κ3) is 4.78. The quantitative estimate of drug-likeness (QED) is 0.795. The molecule has 1 aromatic rings. The van der Waals surface area contributed by atoms with Gasteiger partial charge in [-0.3, -0.25) is 10.1 Å². The molecule has 10 heteroatoms. The Balaban J connectivity index is 2.80. The summed E-state index contributed by atoms with van der Waals surface area (Å²) in [4.78, 5) is 26.0. The van der Waals surface area contributed by atoms with E-state index in [0.717, 1.165) is 12.1 Å². The number of aromatic nitrogens is 1. The normalized spacial score (nSPS) is 12.5. The highest BCUT2D eigenvalue weighted by atomic mass is 35.5. The van der Waals surface area contributed by atoms with Gasteiger partial charge in [-0.15, -0.1) is 0 Å². The molecule has 1 rings (SSSR count). The number of hydrogen-bond acceptors (Lipinski definition) is 3. The third-order valence-electron chi connectivity index (χ3n) is 2.34. The number of carbonyl (C=O) groups excluding carboxylic acids is 2. The van der Waals surface area contributed by atoms with E-state index in [1.54, 1.807) is 0 Å². The summed E-state index contributed by atoms with van der Waals surface area (Å²) < 4.78 is 37.8. The standard InChI is InChI=1S/C11H12ClF3N4O2/c1-5(9(20)16-2)17-10(21)19-7-4-3-6(12)8(18-7)11(13,14)15/h3-5H,1-2H3,(H,16,20)(H2,17,18,19,21)/t5-/m1/s1. The highest BCUT2D eigenvalue weighted by Crippen LogP contribution is 2.33. The second kappa shape index (κ2) is 6.61. The number of urea groups is 1. The van der Waals surface area contributed by atoms with Crippen LogP contribution in [0, 0.1) is 0 Å². The first-order chi connectivity index (χ1) is 9.65. The summed E-state index contributed by atoms with van der Waals surface area (Å²) in [5.41, 5.74) is -1.30. The molecule has 0 unspecified atom stereocenters. The Morgan fingerprint density at radius 1 is 1.33 bits per heavy atom. The molecule has 0 bridgehead atoms. The summed E-state index contributed by atoms with van der Waals surface area (Å²) in [6, 6.07) is 0.357. The van der Waals surface area contributed by atoms with Gasteiger partial charge in [0.15, 0.2) is 5.69 Å². The number of amides is 3. The van der Waals surface area contributed by atoms with Gasteiger partial charge < -0.3 is 10.6 Å². The maximum absolute atomic E-state index is 12.6. The Morgan fingerprint density at radius 2 is 1.95 bits per heavy atom. The van der Waals surface area contributed by atoms with Crippen LogP contribution in [0.1, 0.15) is 12.6 Å². The number of pyridine rings is 1. The molecule has 6 nitrogen and oxygen atoms in total. The van der Waals surface area contributed by atoms with Crippen LogP contribution in [0.3, 0.4) is 0 Å². The van der Waals surface area contributed by atoms with Crippen molar-refractivity contribution >= 4 is 29.4 Å². The van der Waals surface area contributed by atoms with Crippen LogP contribution in [-0.4, -0.2) is 30.0 Å². The number of nitrogens with one attached hydrogen (secondary N) is 3. The van der Waals surface area contributed by atoms with Crippen molar-refractivity contribution in [3.63, 3.8) is 0 Å². The summed E-state index contributed by atoms with van der Waals surface area (Å²) in [7, 11) is 1.38. The van der Waals surface area contributed by atoms with Crippen molar-refractivity contribution in [2.75, 3.05) is 12.4 Å². The van der Waals surface area contributed by atoms with Crippen LogP contribution >= 0.6 is 11.6 Å². The van der Waals surface area contributed by atoms with E-state index >= 15 is 0 Å². The number of rotatable bonds is 3. The number of halogens is 4. The molecule has 1 atom stereocenters. The lowest BCUT2D eigenvalue weighted by molar-refractivity contribution is -0.141. The van der Waals surface area contributed by atoms with Gasteiger partial charge in [0, 0.05) is 7.05 Å². The predicted molar refractivity (Wildman–Crippen MR) is 69.9 cm³/mol. The molecular weight excluding hydrogens is 313 g/mol. The van der Waals surface area contributed by atoms with E-state index in [4.69, 9.17) is 11.6 Å². The maximum Gasteiger partial charge on any atom is 0.434 e. The fourth-order valence-electron chi connectivity index (χ4n) is 1.34. The molecule has 0 radical (unpaired) electrons. The van der Waals surface area contributed by atoms with Crippen molar-refractivity contribution < 1.29 is 22.8 Å². The molecule has 0 saturated heterocycles. The zero-order chi connectivity index (χ0) is 16.2. The van der Waals surface area contributed by atoms with E-state index in [1.807, 2.05) is 0 Å². The van der Waals surface area contributed by atoms with Crippen LogP contribution in [0.25, 0.3) is 0 Å². The smallest absolute Gasteiger partial charge is 0.357 e. The predicted octanol–water partition coefficient (Wildman–Crippen LogP) is 2.01. The Bertz CT molecular complexity index is 551. The topological polar surface area (TPSA) is 83.1 Å². The number of nitrogens with zero attached hydrogens (tertiary/aromatic N) is 1. The van der Waals surface area contributed by atoms with Crippen LogP contribution < -0.4 is 16.0 Å². The van der Waals surface area contributed by atoms with Gasteiger partial charge in [-0.05, 0) is 19.1 Å². The summed E-state index contributed by atoms with van der Waals surface area (Å²) in [6.45, 7) is 1.41. The van der Waals surface area contributed by atoms with Crippen LogP contribution in [-0.2, 0) is 11.0 Å². The summed E-state index contributed by atoms with van der Waals surface area (Å²) in [6.07, 6.45) is -4.74. The molecule has 0 saturated carbocycles. The average molecular weight is 325 g/mol. The molecule has 0 aliphatic carbocycles. The number of hydrogen-bond donors (Lipinski definition) is 3. The molecule has 0 aliphatic heterocycles. The minimum atomic E-state index is -4.74. The lowest BCUT2D eigenvalue weighted by Gasteiger charge is -2.14. The van der Waals surface area contributed by atoms with Crippen molar-refractivity contribution in [2.45, 2.75) is 19.1 Å². The third-order valence-corrected chi connectivity index (χ3v) is 2.65. The van der Waals surface area contributed by atoms with Gasteiger partial charge in [0.05, 0.1) is 5.02 Å². The number of carbonyl (C=O) groups is 2. The molecule has 0 aromatic carbocycles. The van der Waals surface area contributed by atoms with Crippen molar-refractivity contribution in [3.05, 3.63) is 22.8 Å². The van der Waals surface area contributed by atoms with Gasteiger partial charge in [-0.25, -0.2) is 9.78 Å². The van der Waals surface area contributed by atoms with Crippen LogP contribution in [0.4, 0.5) is 23.8 Å². The van der Waals surface area contributed by atoms with Crippen molar-refractivity contribution in [1.29, 1.82) is 0 Å². The Hall–Kier alpha value is -2.03. The van der Waals surface area contributed by atoms with E-state index in [9.17, 15) is 22.8 Å². The molecule has 0 aliphatic rings. The Kier molecular flexibility index (Phi) is 5.36. The zero-order valence-electron chi connectivity index (χ0n) is 11.0. The molecule has 1 heterocycles. The molecule has 0 spiro atoms. The Morgan fingerprint density at radius 3 is 2.48 bits per heavy atom. The lowest BCUT2D eigenvalue weighted by atomic mass is 10.3. The summed E-state index contributed by atoms with van der Waals surface area (Å²) >= 11 is 5.40. The second-order valence-corrected chi connectivity index (χ2v) is 4.37. The maximum atomic E-state index is 12.6. The second-order valence-electron chi connectivity index (χ2n) is 3.96. The van der Waals surface area contributed by atoms with E-state index in [2.05, 4.69) is 20.9 Å². The number of anilines is 1. The van der Waals surface area contributed by atoms with E-state index in [-0.39, 0.29) is 5.82 Å². The molecule has 0 fully saturated rings. The van der Waals surface area contributed by atoms with Gasteiger partial charge in [0.2, 0.25) is 5.91 Å². The van der Waals surface area contributed by atoms with Crippen LogP contribution in [0.5, 0.6) is 0 Å². The lowest BCUT2D eigenvalue weighted by Crippen LogP contribution is -2.45. The minimum Gasteiger partial charge on any atom is -0.357 e. The Labute approximate surface area is 123 Å².